The van der Waals surface area contributed by atoms with Crippen LogP contribution in [0.25, 0.3) is 0 Å². The molecule has 2 heterocycles. The van der Waals surface area contributed by atoms with E-state index in [4.69, 9.17) is 71.8 Å². The van der Waals surface area contributed by atoms with E-state index in [1.54, 1.807) is 39.2 Å². The zero-order valence-electron chi connectivity index (χ0n) is 71.8. The van der Waals surface area contributed by atoms with Crippen molar-refractivity contribution in [2.75, 3.05) is 333 Å². The molecule has 0 radical (unpaired) electrons. The minimum Gasteiger partial charge on any atom is -0.480 e. The van der Waals surface area contributed by atoms with Crippen molar-refractivity contribution in [3.05, 3.63) is 59.7 Å². The van der Waals surface area contributed by atoms with E-state index in [-0.39, 0.29) is 182 Å². The van der Waals surface area contributed by atoms with Crippen LogP contribution in [-0.2, 0) is 108 Å². The van der Waals surface area contributed by atoms with Gasteiger partial charge >= 0.3 is 47.8 Å². The average molecular weight is 1820 g/mol. The maximum absolute atomic E-state index is 12.4. The van der Waals surface area contributed by atoms with Crippen molar-refractivity contribution in [1.29, 1.82) is 0 Å². The lowest BCUT2D eigenvalue weighted by molar-refractivity contribution is -0.142. The fraction of sp³-hybridized carbons (Fsp3) is 0.700. The van der Waals surface area contributed by atoms with Gasteiger partial charge in [-0.25, -0.2) is 0 Å². The monoisotopic (exact) mass is 1820 g/mol. The number of nitrogens with one attached hydrogen (secondary N) is 6. The number of nitrogens with zero attached hydrogens (tertiary/aromatic N) is 9. The molecule has 0 saturated carbocycles. The highest BCUT2D eigenvalue weighted by Gasteiger charge is 2.31. The molecule has 2 fully saturated rings. The number of hydrogen-bond donors (Lipinski definition) is 14. The molecular weight excluding hydrogens is 1680 g/mol. The molecule has 0 bridgehead atoms. The molecule has 2 aromatic rings. The van der Waals surface area contributed by atoms with Crippen molar-refractivity contribution >= 4 is 106 Å². The molecule has 0 aromatic heterocycles. The van der Waals surface area contributed by atoms with E-state index >= 15 is 0 Å². The van der Waals surface area contributed by atoms with E-state index in [1.165, 1.54) is 0 Å². The van der Waals surface area contributed by atoms with E-state index in [2.05, 4.69) is 36.8 Å². The van der Waals surface area contributed by atoms with Gasteiger partial charge in [0.2, 0.25) is 11.8 Å². The summed E-state index contributed by atoms with van der Waals surface area (Å²) in [6.07, 6.45) is 1.08. The molecule has 2 aliphatic rings. The highest BCUT2D eigenvalue weighted by molar-refractivity contribution is 7.80. The fourth-order valence-electron chi connectivity index (χ4n) is 13.1. The number of carboxylic acid groups (broad SMARTS) is 8. The average Bonchev–Trinajstić information content (AvgIpc) is 0.854. The second-order valence-electron chi connectivity index (χ2n) is 29.3. The van der Waals surface area contributed by atoms with E-state index in [0.29, 0.717) is 193 Å². The summed E-state index contributed by atoms with van der Waals surface area (Å²) in [4.78, 5) is 135. The number of amides is 2. The molecule has 2 atom stereocenters. The third kappa shape index (κ3) is 57.3. The van der Waals surface area contributed by atoms with Gasteiger partial charge in [-0.1, -0.05) is 31.2 Å². The number of carbonyl (C=O) groups is 10. The number of carbonyl (C=O) groups excluding carboxylic acids is 2. The number of hydrogen-bond acceptors (Lipinski definition) is 31. The summed E-state index contributed by atoms with van der Waals surface area (Å²) >= 11 is 11.0. The first-order chi connectivity index (χ1) is 60.2. The molecule has 2 amide bonds. The highest BCUT2D eigenvalue weighted by Crippen LogP contribution is 2.19. The molecule has 0 aliphatic carbocycles. The van der Waals surface area contributed by atoms with Gasteiger partial charge < -0.3 is 125 Å². The van der Waals surface area contributed by atoms with Crippen LogP contribution in [0.5, 0.6) is 0 Å². The van der Waals surface area contributed by atoms with Gasteiger partial charge in [-0.15, -0.1) is 0 Å². The molecule has 43 nitrogen and oxygen atoms in total. The Morgan fingerprint density at radius 2 is 0.560 bits per heavy atom. The first-order valence-corrected chi connectivity index (χ1v) is 42.9. The first kappa shape index (κ1) is 109. The van der Waals surface area contributed by atoms with Crippen molar-refractivity contribution < 1.29 is 136 Å². The van der Waals surface area contributed by atoms with Gasteiger partial charge in [0.05, 0.1) is 184 Å². The Labute approximate surface area is 740 Å². The Morgan fingerprint density at radius 1 is 0.320 bits per heavy atom. The van der Waals surface area contributed by atoms with Crippen LogP contribution >= 0.6 is 24.4 Å². The van der Waals surface area contributed by atoms with Crippen LogP contribution in [0.15, 0.2) is 48.5 Å². The normalized spacial score (nSPS) is 16.3. The van der Waals surface area contributed by atoms with Crippen molar-refractivity contribution in [3.63, 3.8) is 0 Å². The van der Waals surface area contributed by atoms with Crippen molar-refractivity contribution in [2.45, 2.75) is 44.7 Å². The van der Waals surface area contributed by atoms with Crippen LogP contribution in [0, 0.1) is 0 Å². The third-order valence-electron chi connectivity index (χ3n) is 19.4. The van der Waals surface area contributed by atoms with Crippen LogP contribution in [0.4, 0.5) is 11.4 Å². The molecule has 14 N–H and O–H groups in total. The Hall–Kier alpha value is -8.24. The van der Waals surface area contributed by atoms with Crippen LogP contribution in [0.1, 0.15) is 30.9 Å². The van der Waals surface area contributed by atoms with Crippen molar-refractivity contribution in [2.24, 2.45) is 0 Å². The lowest BCUT2D eigenvalue weighted by atomic mass is 10.0. The maximum Gasteiger partial charge on any atom is 0.317 e. The van der Waals surface area contributed by atoms with E-state index in [1.807, 2.05) is 55.5 Å². The molecule has 2 unspecified atom stereocenters. The second kappa shape index (κ2) is 68.0. The van der Waals surface area contributed by atoms with Crippen LogP contribution in [0.2, 0.25) is 0 Å². The molecular formula is C80H133N15O28S2. The lowest BCUT2D eigenvalue weighted by Crippen LogP contribution is -2.53. The van der Waals surface area contributed by atoms with E-state index < -0.39 is 59.8 Å². The molecule has 4 rings (SSSR count). The Bertz CT molecular complexity index is 3220. The summed E-state index contributed by atoms with van der Waals surface area (Å²) in [6, 6.07) is 13.7. The Morgan fingerprint density at radius 3 is 0.824 bits per heavy atom. The molecule has 0 spiro atoms. The minimum absolute atomic E-state index is 0.127. The summed E-state index contributed by atoms with van der Waals surface area (Å²) in [6.45, 7) is 12.7. The van der Waals surface area contributed by atoms with Crippen LogP contribution in [0.3, 0.4) is 0 Å². The van der Waals surface area contributed by atoms with Gasteiger partial charge in [-0.3, -0.25) is 87.1 Å². The summed E-state index contributed by atoms with van der Waals surface area (Å²) < 4.78 is 55.8. The van der Waals surface area contributed by atoms with Crippen LogP contribution in [-0.4, -0.2) is 489 Å². The third-order valence-corrected chi connectivity index (χ3v) is 19.9. The summed E-state index contributed by atoms with van der Waals surface area (Å²) in [5, 5.41) is 96.6. The summed E-state index contributed by atoms with van der Waals surface area (Å²) in [5.41, 5.74) is 3.03. The summed E-state index contributed by atoms with van der Waals surface area (Å²) in [7, 11) is 0. The number of ether oxygens (including phenoxy) is 10. The Balaban J connectivity index is 0.906. The number of aliphatic carboxylic acids is 8. The number of carboxylic acids is 8. The van der Waals surface area contributed by atoms with Gasteiger partial charge in [-0.05, 0) is 79.2 Å². The van der Waals surface area contributed by atoms with Gasteiger partial charge in [0.1, 0.15) is 0 Å². The van der Waals surface area contributed by atoms with Gasteiger partial charge in [0.25, 0.3) is 0 Å². The Kier molecular flexibility index (Phi) is 59.3. The molecule has 2 aromatic carbocycles. The number of likely N-dealkylation sites (N-methyl/N-ethyl adjacent to an activating group) is 1. The molecule has 2 aliphatic heterocycles. The van der Waals surface area contributed by atoms with Gasteiger partial charge in [0.15, 0.2) is 10.2 Å². The second-order valence-corrected chi connectivity index (χ2v) is 30.1. The number of thiocarbonyl (C=S) groups is 2. The summed E-state index contributed by atoms with van der Waals surface area (Å²) in [5.74, 6) is -8.92. The number of rotatable bonds is 65. The predicted octanol–water partition coefficient (Wildman–Crippen LogP) is -2.60. The lowest BCUT2D eigenvalue weighted by Gasteiger charge is -2.37. The largest absolute Gasteiger partial charge is 0.480 e. The smallest absolute Gasteiger partial charge is 0.317 e. The molecule has 708 valence electrons. The SMILES string of the molecule is CCN(CCNC(=O)CCOCCOCCOCCOCCOCCNC(=S)Nc1ccc(CC2CN(CC(=O)O)CCN(CC(=O)O)CCN(CC(=O)O)CCN2CC(=O)O)cc1)CCNC(=O)CCOCCOCCOCCOCCOCCNC(=S)Nc1ccc(CC2CN(CC(=O)O)CCN(CC(=O)O)CCN(CC(=O)O)CCN2CC(=O)O)cc1. The first-order valence-electron chi connectivity index (χ1n) is 42.1. The van der Waals surface area contributed by atoms with E-state index in [0.717, 1.165) is 17.7 Å². The topological polar surface area (TPSA) is 526 Å². The zero-order chi connectivity index (χ0) is 91.0. The van der Waals surface area contributed by atoms with Crippen LogP contribution < -0.4 is 31.9 Å². The molecule has 125 heavy (non-hydrogen) atoms. The maximum atomic E-state index is 12.4. The quantitative estimate of drug-likeness (QED) is 0.0239. The van der Waals surface area contributed by atoms with Crippen molar-refractivity contribution in [1.82, 2.24) is 65.4 Å². The van der Waals surface area contributed by atoms with Gasteiger partial charge in [-0.2, -0.15) is 0 Å². The molecule has 2 saturated heterocycles. The number of benzene rings is 2. The zero-order valence-corrected chi connectivity index (χ0v) is 73.5. The highest BCUT2D eigenvalue weighted by atomic mass is 32.1. The minimum atomic E-state index is -1.10. The van der Waals surface area contributed by atoms with Gasteiger partial charge in [0, 0.05) is 167 Å². The predicted molar refractivity (Wildman–Crippen MR) is 465 cm³/mol. The fourth-order valence-corrected chi connectivity index (χ4v) is 13.6. The van der Waals surface area contributed by atoms with E-state index in [9.17, 15) is 88.8 Å². The van der Waals surface area contributed by atoms with Crippen molar-refractivity contribution in [3.8, 4) is 0 Å². The standard InChI is InChI=1S/C80H133N15O28S2/c1-2-87(17-13-81-69(96)11-31-114-35-39-118-43-47-122-49-45-120-41-37-116-33-15-83-79(124)85-65-7-3-63(4-8-65)51-67-53-92(59-75(106)107)25-23-88(55-71(98)99)19-21-90(57-73(102)103)27-29-94(67)61-77(110)111)18-14-82-70(97)12-32-115-36-40-119-44-48-123-50-46-121-42-38-117-34-16-84-80(125)86-66-9-5-64(6-10-66)52-68-54-93(60-76(108)109)26-24-89(56-72(100)101)20-22-91(58-74(104)105)28-30-95(68)62-78(112)113/h3-10,67-68H,2,11-62H2,1H3,(H,81,96)(H,82,97)(H,98,99)(H,100,101)(H,102,103)(H,104,105)(H,106,107)(H,108,109)(H,110,111)(H,112,113)(H2,83,85,124)(H2,84,86,125). The number of anilines is 2. The molecule has 45 heteroatoms.